The molecule has 2 aromatic heterocycles. The minimum absolute atomic E-state index is 0.134. The molecule has 4 heterocycles. The number of carbonyl (C=O) groups is 1. The quantitative estimate of drug-likeness (QED) is 0.248. The van der Waals surface area contributed by atoms with Gasteiger partial charge in [0.1, 0.15) is 5.75 Å². The van der Waals surface area contributed by atoms with E-state index < -0.39 is 10.1 Å². The average molecular weight is 558 g/mol. The van der Waals surface area contributed by atoms with Crippen molar-refractivity contribution in [3.63, 3.8) is 0 Å². The van der Waals surface area contributed by atoms with Crippen molar-refractivity contribution in [2.45, 2.75) is 36.6 Å². The predicted octanol–water partition coefficient (Wildman–Crippen LogP) is 6.05. The Morgan fingerprint density at radius 3 is 2.62 bits per heavy atom. The van der Waals surface area contributed by atoms with Gasteiger partial charge in [-0.15, -0.1) is 11.3 Å². The second kappa shape index (κ2) is 9.51. The fourth-order valence-corrected chi connectivity index (χ4v) is 7.98. The van der Waals surface area contributed by atoms with E-state index in [1.165, 1.54) is 36.2 Å². The monoisotopic (exact) mass is 557 g/mol. The number of rotatable bonds is 6. The van der Waals surface area contributed by atoms with Crippen LogP contribution in [-0.4, -0.2) is 37.3 Å². The number of likely N-dealkylation sites (tertiary alicyclic amines) is 1. The van der Waals surface area contributed by atoms with Crippen molar-refractivity contribution in [1.82, 2.24) is 15.2 Å². The average Bonchev–Trinajstić information content (AvgIpc) is 3.66. The Morgan fingerprint density at radius 2 is 1.77 bits per heavy atom. The molecule has 0 radical (unpaired) electrons. The van der Waals surface area contributed by atoms with Crippen molar-refractivity contribution in [1.29, 1.82) is 0 Å². The van der Waals surface area contributed by atoms with Gasteiger partial charge in [-0.25, -0.2) is 0 Å². The molecular weight excluding hydrogens is 530 g/mol. The van der Waals surface area contributed by atoms with Crippen molar-refractivity contribution in [2.24, 2.45) is 0 Å². The van der Waals surface area contributed by atoms with Crippen molar-refractivity contribution >= 4 is 48.4 Å². The lowest BCUT2D eigenvalue weighted by molar-refractivity contribution is 0.0966. The van der Waals surface area contributed by atoms with Crippen LogP contribution >= 0.6 is 11.3 Å². The Hall–Kier alpha value is -3.66. The first-order chi connectivity index (χ1) is 18.9. The normalized spacial score (nSPS) is 16.1. The van der Waals surface area contributed by atoms with Crippen LogP contribution in [0, 0.1) is 0 Å². The summed E-state index contributed by atoms with van der Waals surface area (Å²) in [5, 5.41) is 4.77. The van der Waals surface area contributed by atoms with Crippen LogP contribution in [-0.2, 0) is 23.2 Å². The maximum Gasteiger partial charge on any atom is 0.348 e. The molecule has 1 amide bonds. The third-order valence-electron chi connectivity index (χ3n) is 7.60. The molecule has 2 N–H and O–H groups in total. The van der Waals surface area contributed by atoms with Gasteiger partial charge in [0.15, 0.2) is 4.21 Å². The van der Waals surface area contributed by atoms with E-state index in [1.54, 1.807) is 18.2 Å². The van der Waals surface area contributed by atoms with Gasteiger partial charge in [-0.3, -0.25) is 9.69 Å². The van der Waals surface area contributed by atoms with Crippen LogP contribution in [0.15, 0.2) is 70.9 Å². The zero-order valence-corrected chi connectivity index (χ0v) is 22.8. The molecule has 0 unspecified atom stereocenters. The highest BCUT2D eigenvalue weighted by atomic mass is 32.3. The SMILES string of the molecule is O=C1NCc2c(OS(=O)(=O)c3cc4ccccc4s3)ccc(-c3cc4cc(CN5CCCCC5)ccc4[nH]3)c21. The Labute approximate surface area is 230 Å². The van der Waals surface area contributed by atoms with Crippen LogP contribution in [0.3, 0.4) is 0 Å². The van der Waals surface area contributed by atoms with E-state index in [9.17, 15) is 13.2 Å². The number of H-pyrrole nitrogens is 1. The maximum atomic E-state index is 13.2. The number of benzene rings is 3. The molecule has 0 saturated carbocycles. The number of hydrogen-bond donors (Lipinski definition) is 2. The van der Waals surface area contributed by atoms with Crippen molar-refractivity contribution < 1.29 is 17.4 Å². The summed E-state index contributed by atoms with van der Waals surface area (Å²) in [5.41, 5.74) is 4.79. The first-order valence-corrected chi connectivity index (χ1v) is 15.4. The van der Waals surface area contributed by atoms with Crippen LogP contribution in [0.5, 0.6) is 5.75 Å². The number of aromatic nitrogens is 1. The molecule has 2 aliphatic rings. The van der Waals surface area contributed by atoms with Gasteiger partial charge in [-0.05, 0) is 79.3 Å². The molecule has 1 saturated heterocycles. The summed E-state index contributed by atoms with van der Waals surface area (Å²) in [6.45, 7) is 3.43. The second-order valence-corrected chi connectivity index (χ2v) is 13.1. The number of hydrogen-bond acceptors (Lipinski definition) is 6. The lowest BCUT2D eigenvalue weighted by atomic mass is 9.99. The first kappa shape index (κ1) is 24.4. The molecule has 2 aliphatic heterocycles. The minimum atomic E-state index is -4.06. The highest BCUT2D eigenvalue weighted by Gasteiger charge is 2.30. The number of nitrogens with one attached hydrogen (secondary N) is 2. The van der Waals surface area contributed by atoms with Crippen LogP contribution in [0.1, 0.15) is 40.7 Å². The Kier molecular flexibility index (Phi) is 5.95. The molecule has 9 heteroatoms. The van der Waals surface area contributed by atoms with E-state index in [0.29, 0.717) is 11.1 Å². The molecule has 198 valence electrons. The molecule has 0 aliphatic carbocycles. The second-order valence-electron chi connectivity index (χ2n) is 10.2. The van der Waals surface area contributed by atoms with Gasteiger partial charge in [-0.2, -0.15) is 8.42 Å². The predicted molar refractivity (Wildman–Crippen MR) is 154 cm³/mol. The van der Waals surface area contributed by atoms with Crippen molar-refractivity contribution in [2.75, 3.05) is 13.1 Å². The fourth-order valence-electron chi connectivity index (χ4n) is 5.66. The number of nitrogens with zero attached hydrogens (tertiary/aromatic N) is 1. The third kappa shape index (κ3) is 4.50. The number of amides is 1. The molecular formula is C30H27N3O4S2. The van der Waals surface area contributed by atoms with Crippen LogP contribution < -0.4 is 9.50 Å². The minimum Gasteiger partial charge on any atom is -0.378 e. The number of carbonyl (C=O) groups excluding carboxylic acids is 1. The topological polar surface area (TPSA) is 91.5 Å². The number of fused-ring (bicyclic) bond motifs is 3. The van der Waals surface area contributed by atoms with Gasteiger partial charge in [0.25, 0.3) is 5.91 Å². The molecule has 0 atom stereocenters. The van der Waals surface area contributed by atoms with Gasteiger partial charge in [0, 0.05) is 45.5 Å². The molecule has 5 aromatic rings. The summed E-state index contributed by atoms with van der Waals surface area (Å²) in [5.74, 6) is -0.0707. The molecule has 39 heavy (non-hydrogen) atoms. The summed E-state index contributed by atoms with van der Waals surface area (Å²) in [6.07, 6.45) is 3.83. The van der Waals surface area contributed by atoms with Crippen molar-refractivity contribution in [3.05, 3.63) is 83.4 Å². The maximum absolute atomic E-state index is 13.2. The summed E-state index contributed by atoms with van der Waals surface area (Å²) < 4.78 is 33.0. The van der Waals surface area contributed by atoms with E-state index in [1.807, 2.05) is 24.3 Å². The largest absolute Gasteiger partial charge is 0.378 e. The Morgan fingerprint density at radius 1 is 0.923 bits per heavy atom. The Balaban J connectivity index is 1.21. The van der Waals surface area contributed by atoms with E-state index in [4.69, 9.17) is 4.18 Å². The molecule has 0 spiro atoms. The standard InChI is InChI=1S/C30H27N3O4S2/c34-30-29-22(25-15-21-14-19(8-10-24(21)32-25)18-33-12-4-1-5-13-33)9-11-26(23(29)17-31-30)37-39(35,36)28-16-20-6-2-3-7-27(20)38-28/h2-3,6-11,14-16,32H,1,4-5,12-13,17-18H2,(H,31,34). The first-order valence-electron chi connectivity index (χ1n) is 13.2. The number of thiophene rings is 1. The summed E-state index contributed by atoms with van der Waals surface area (Å²) in [4.78, 5) is 18.9. The van der Waals surface area contributed by atoms with Gasteiger partial charge in [-0.1, -0.05) is 30.7 Å². The lowest BCUT2D eigenvalue weighted by Crippen LogP contribution is -2.28. The van der Waals surface area contributed by atoms with Gasteiger partial charge >= 0.3 is 10.1 Å². The van der Waals surface area contributed by atoms with E-state index in [-0.39, 0.29) is 22.4 Å². The molecule has 0 bridgehead atoms. The zero-order chi connectivity index (χ0) is 26.6. The fraction of sp³-hybridized carbons (Fsp3) is 0.233. The van der Waals surface area contributed by atoms with E-state index in [2.05, 4.69) is 39.5 Å². The van der Waals surface area contributed by atoms with Crippen LogP contribution in [0.2, 0.25) is 0 Å². The highest BCUT2D eigenvalue weighted by Crippen LogP contribution is 2.38. The summed E-state index contributed by atoms with van der Waals surface area (Å²) >= 11 is 1.17. The third-order valence-corrected chi connectivity index (χ3v) is 10.4. The van der Waals surface area contributed by atoms with Gasteiger partial charge in [0.05, 0.1) is 5.56 Å². The zero-order valence-electron chi connectivity index (χ0n) is 21.2. The molecule has 3 aromatic carbocycles. The lowest BCUT2D eigenvalue weighted by Gasteiger charge is -2.26. The van der Waals surface area contributed by atoms with Crippen LogP contribution in [0.4, 0.5) is 0 Å². The smallest absolute Gasteiger partial charge is 0.348 e. The van der Waals surface area contributed by atoms with E-state index >= 15 is 0 Å². The molecule has 7 rings (SSSR count). The van der Waals surface area contributed by atoms with Crippen molar-refractivity contribution in [3.8, 4) is 17.0 Å². The summed E-state index contributed by atoms with van der Waals surface area (Å²) in [6, 6.07) is 21.0. The number of aromatic amines is 1. The highest BCUT2D eigenvalue weighted by molar-refractivity contribution is 7.89. The summed E-state index contributed by atoms with van der Waals surface area (Å²) in [7, 11) is -4.06. The van der Waals surface area contributed by atoms with Gasteiger partial charge in [0.2, 0.25) is 0 Å². The van der Waals surface area contributed by atoms with E-state index in [0.717, 1.165) is 51.9 Å². The van der Waals surface area contributed by atoms with Crippen LogP contribution in [0.25, 0.3) is 32.2 Å². The Bertz CT molecular complexity index is 1820. The molecule has 7 nitrogen and oxygen atoms in total. The van der Waals surface area contributed by atoms with Gasteiger partial charge < -0.3 is 14.5 Å². The molecule has 1 fully saturated rings. The number of piperidine rings is 1.